The Hall–Kier alpha value is -2.40. The van der Waals surface area contributed by atoms with Crippen LogP contribution in [0.4, 0.5) is 5.69 Å². The van der Waals surface area contributed by atoms with Gasteiger partial charge in [-0.3, -0.25) is 9.59 Å². The van der Waals surface area contributed by atoms with Crippen LogP contribution >= 0.6 is 11.6 Å². The van der Waals surface area contributed by atoms with Crippen molar-refractivity contribution in [3.63, 3.8) is 0 Å². The number of hydrogen-bond acceptors (Lipinski definition) is 3. The Bertz CT molecular complexity index is 762. The Morgan fingerprint density at radius 2 is 1.83 bits per heavy atom. The van der Waals surface area contributed by atoms with Gasteiger partial charge in [0.15, 0.2) is 0 Å². The first-order valence-electron chi connectivity index (χ1n) is 7.76. The van der Waals surface area contributed by atoms with E-state index in [9.17, 15) is 9.59 Å². The number of halogens is 1. The van der Waals surface area contributed by atoms with Crippen molar-refractivity contribution in [2.24, 2.45) is 0 Å². The first kappa shape index (κ1) is 17.9. The number of carbonyl (C=O) groups excluding carboxylic acids is 2. The molecule has 0 fully saturated rings. The summed E-state index contributed by atoms with van der Waals surface area (Å²) in [6.45, 7) is 5.78. The van der Waals surface area contributed by atoms with E-state index >= 15 is 0 Å². The molecule has 126 valence electrons. The molecule has 1 unspecified atom stereocenters. The zero-order valence-corrected chi connectivity index (χ0v) is 14.6. The fourth-order valence-electron chi connectivity index (χ4n) is 1.95. The molecule has 24 heavy (non-hydrogen) atoms. The summed E-state index contributed by atoms with van der Waals surface area (Å²) in [6.07, 6.45) is 0.820. The molecule has 1 heterocycles. The predicted molar refractivity (Wildman–Crippen MR) is 95.6 cm³/mol. The third kappa shape index (κ3) is 4.55. The highest BCUT2D eigenvalue weighted by atomic mass is 35.5. The molecule has 2 N–H and O–H groups in total. The Kier molecular flexibility index (Phi) is 5.93. The summed E-state index contributed by atoms with van der Waals surface area (Å²) in [5, 5.41) is 6.12. The summed E-state index contributed by atoms with van der Waals surface area (Å²) in [5.41, 5.74) is 1.89. The molecule has 0 saturated carbocycles. The lowest BCUT2D eigenvalue weighted by molar-refractivity contribution is 0.0934. The number of amides is 2. The number of anilines is 1. The molecule has 1 atom stereocenters. The number of aromatic nitrogens is 1. The highest BCUT2D eigenvalue weighted by Gasteiger charge is 2.14. The van der Waals surface area contributed by atoms with Crippen molar-refractivity contribution in [3.05, 3.63) is 58.4 Å². The number of rotatable bonds is 5. The molecule has 0 aliphatic heterocycles. The van der Waals surface area contributed by atoms with Crippen molar-refractivity contribution in [3.8, 4) is 0 Å². The van der Waals surface area contributed by atoms with Gasteiger partial charge in [0.1, 0.15) is 11.4 Å². The first-order valence-corrected chi connectivity index (χ1v) is 8.14. The molecular weight excluding hydrogens is 326 g/mol. The van der Waals surface area contributed by atoms with Crippen LogP contribution in [0.5, 0.6) is 0 Å². The van der Waals surface area contributed by atoms with Crippen molar-refractivity contribution in [2.75, 3.05) is 5.32 Å². The van der Waals surface area contributed by atoms with Crippen LogP contribution in [-0.4, -0.2) is 22.8 Å². The minimum Gasteiger partial charge on any atom is -0.348 e. The van der Waals surface area contributed by atoms with Crippen LogP contribution in [0.25, 0.3) is 0 Å². The quantitative estimate of drug-likeness (QED) is 0.865. The first-order chi connectivity index (χ1) is 11.4. The van der Waals surface area contributed by atoms with Gasteiger partial charge in [-0.2, -0.15) is 0 Å². The van der Waals surface area contributed by atoms with E-state index in [0.717, 1.165) is 12.0 Å². The molecule has 0 radical (unpaired) electrons. The standard InChI is InChI=1S/C18H20ClN3O2/c1-4-12(3)20-17(23)15-6-5-7-16(22-15)18(24)21-13-9-8-11(2)14(19)10-13/h5-10,12H,4H2,1-3H3,(H,20,23)(H,21,24). The minimum absolute atomic E-state index is 0.0477. The summed E-state index contributed by atoms with van der Waals surface area (Å²) in [4.78, 5) is 28.6. The van der Waals surface area contributed by atoms with Crippen LogP contribution in [0.3, 0.4) is 0 Å². The second kappa shape index (κ2) is 7.93. The van der Waals surface area contributed by atoms with Gasteiger partial charge >= 0.3 is 0 Å². The van der Waals surface area contributed by atoms with Crippen molar-refractivity contribution in [2.45, 2.75) is 33.2 Å². The van der Waals surface area contributed by atoms with Gasteiger partial charge in [0.25, 0.3) is 11.8 Å². The minimum atomic E-state index is -0.395. The fourth-order valence-corrected chi connectivity index (χ4v) is 2.13. The molecule has 0 aliphatic carbocycles. The molecular formula is C18H20ClN3O2. The van der Waals surface area contributed by atoms with Gasteiger partial charge < -0.3 is 10.6 Å². The molecule has 5 nitrogen and oxygen atoms in total. The average molecular weight is 346 g/mol. The van der Waals surface area contributed by atoms with E-state index < -0.39 is 5.91 Å². The van der Waals surface area contributed by atoms with E-state index in [0.29, 0.717) is 10.7 Å². The van der Waals surface area contributed by atoms with E-state index in [1.54, 1.807) is 30.3 Å². The highest BCUT2D eigenvalue weighted by Crippen LogP contribution is 2.20. The lowest BCUT2D eigenvalue weighted by Crippen LogP contribution is -2.32. The molecule has 6 heteroatoms. The van der Waals surface area contributed by atoms with Crippen molar-refractivity contribution >= 4 is 29.1 Å². The third-order valence-electron chi connectivity index (χ3n) is 3.63. The number of nitrogens with one attached hydrogen (secondary N) is 2. The van der Waals surface area contributed by atoms with Gasteiger partial charge in [-0.25, -0.2) is 4.98 Å². The number of carbonyl (C=O) groups is 2. The molecule has 0 bridgehead atoms. The second-order valence-corrected chi connectivity index (χ2v) is 6.02. The third-order valence-corrected chi connectivity index (χ3v) is 4.04. The summed E-state index contributed by atoms with van der Waals surface area (Å²) in [6, 6.07) is 10.1. The van der Waals surface area contributed by atoms with E-state index in [4.69, 9.17) is 11.6 Å². The van der Waals surface area contributed by atoms with Gasteiger partial charge in [-0.15, -0.1) is 0 Å². The van der Waals surface area contributed by atoms with E-state index in [-0.39, 0.29) is 23.3 Å². The number of pyridine rings is 1. The SMILES string of the molecule is CCC(C)NC(=O)c1cccc(C(=O)Nc2ccc(C)c(Cl)c2)n1. The maximum atomic E-state index is 12.3. The molecule has 1 aromatic heterocycles. The van der Waals surface area contributed by atoms with Gasteiger partial charge in [-0.05, 0) is 50.1 Å². The van der Waals surface area contributed by atoms with Crippen LogP contribution in [-0.2, 0) is 0 Å². The van der Waals surface area contributed by atoms with Gasteiger partial charge in [-0.1, -0.05) is 30.7 Å². The number of aryl methyl sites for hydroxylation is 1. The lowest BCUT2D eigenvalue weighted by atomic mass is 10.2. The molecule has 2 aromatic rings. The average Bonchev–Trinajstić information content (AvgIpc) is 2.58. The largest absolute Gasteiger partial charge is 0.348 e. The van der Waals surface area contributed by atoms with Crippen molar-refractivity contribution in [1.82, 2.24) is 10.3 Å². The summed E-state index contributed by atoms with van der Waals surface area (Å²) in [7, 11) is 0. The van der Waals surface area contributed by atoms with Crippen LogP contribution in [0.1, 0.15) is 46.8 Å². The van der Waals surface area contributed by atoms with Crippen LogP contribution in [0.2, 0.25) is 5.02 Å². The van der Waals surface area contributed by atoms with Crippen LogP contribution < -0.4 is 10.6 Å². The number of benzene rings is 1. The Balaban J connectivity index is 2.13. The zero-order chi connectivity index (χ0) is 17.7. The van der Waals surface area contributed by atoms with Gasteiger partial charge in [0.2, 0.25) is 0 Å². The molecule has 2 rings (SSSR count). The van der Waals surface area contributed by atoms with Gasteiger partial charge in [0.05, 0.1) is 0 Å². The Morgan fingerprint density at radius 1 is 1.17 bits per heavy atom. The molecule has 1 aromatic carbocycles. The van der Waals surface area contributed by atoms with Crippen molar-refractivity contribution in [1.29, 1.82) is 0 Å². The number of nitrogens with zero attached hydrogens (tertiary/aromatic N) is 1. The molecule has 2 amide bonds. The number of hydrogen-bond donors (Lipinski definition) is 2. The monoisotopic (exact) mass is 345 g/mol. The van der Waals surface area contributed by atoms with E-state index in [1.807, 2.05) is 26.8 Å². The smallest absolute Gasteiger partial charge is 0.274 e. The van der Waals surface area contributed by atoms with Crippen molar-refractivity contribution < 1.29 is 9.59 Å². The molecule has 0 saturated heterocycles. The maximum absolute atomic E-state index is 12.3. The van der Waals surface area contributed by atoms with Crippen LogP contribution in [0.15, 0.2) is 36.4 Å². The zero-order valence-electron chi connectivity index (χ0n) is 13.9. The topological polar surface area (TPSA) is 71.1 Å². The predicted octanol–water partition coefficient (Wildman–Crippen LogP) is 3.82. The second-order valence-electron chi connectivity index (χ2n) is 5.61. The summed E-state index contributed by atoms with van der Waals surface area (Å²) in [5.74, 6) is -0.689. The van der Waals surface area contributed by atoms with Gasteiger partial charge in [0, 0.05) is 16.8 Å². The van der Waals surface area contributed by atoms with E-state index in [2.05, 4.69) is 15.6 Å². The summed E-state index contributed by atoms with van der Waals surface area (Å²) >= 11 is 6.05. The Labute approximate surface area is 146 Å². The fraction of sp³-hybridized carbons (Fsp3) is 0.278. The molecule has 0 aliphatic rings. The Morgan fingerprint density at radius 3 is 2.46 bits per heavy atom. The van der Waals surface area contributed by atoms with Crippen LogP contribution in [0, 0.1) is 6.92 Å². The summed E-state index contributed by atoms with van der Waals surface area (Å²) < 4.78 is 0. The maximum Gasteiger partial charge on any atom is 0.274 e. The molecule has 0 spiro atoms. The normalized spacial score (nSPS) is 11.7. The highest BCUT2D eigenvalue weighted by molar-refractivity contribution is 6.31. The lowest BCUT2D eigenvalue weighted by Gasteiger charge is -2.11. The van der Waals surface area contributed by atoms with E-state index in [1.165, 1.54) is 0 Å².